The van der Waals surface area contributed by atoms with E-state index >= 15 is 0 Å². The fraction of sp³-hybridized carbons (Fsp3) is 0.414. The van der Waals surface area contributed by atoms with Gasteiger partial charge in [-0.05, 0) is 58.7 Å². The fourth-order valence-corrected chi connectivity index (χ4v) is 4.36. The van der Waals surface area contributed by atoms with Crippen LogP contribution in [-0.4, -0.2) is 64.7 Å². The van der Waals surface area contributed by atoms with E-state index in [1.54, 1.807) is 17.9 Å². The van der Waals surface area contributed by atoms with E-state index in [9.17, 15) is 14.4 Å². The predicted octanol–water partition coefficient (Wildman–Crippen LogP) is 4.86. The Labute approximate surface area is 228 Å². The lowest BCUT2D eigenvalue weighted by Gasteiger charge is -2.32. The van der Waals surface area contributed by atoms with Crippen molar-refractivity contribution >= 4 is 40.5 Å². The number of carbonyl (C=O) groups is 3. The first-order valence-electron chi connectivity index (χ1n) is 13.2. The van der Waals surface area contributed by atoms with E-state index in [4.69, 9.17) is 9.47 Å². The van der Waals surface area contributed by atoms with Crippen molar-refractivity contribution in [1.29, 1.82) is 0 Å². The number of rotatable bonds is 7. The highest BCUT2D eigenvalue weighted by molar-refractivity contribution is 5.99. The van der Waals surface area contributed by atoms with Crippen LogP contribution in [0.15, 0.2) is 48.5 Å². The minimum absolute atomic E-state index is 0.0472. The van der Waals surface area contributed by atoms with Crippen LogP contribution >= 0.6 is 0 Å². The molecule has 3 aromatic rings. The van der Waals surface area contributed by atoms with E-state index in [1.165, 1.54) is 0 Å². The lowest BCUT2D eigenvalue weighted by Crippen LogP contribution is -2.43. The molecule has 206 valence electrons. The third-order valence-electron chi connectivity index (χ3n) is 6.22. The smallest absolute Gasteiger partial charge is 0.410 e. The van der Waals surface area contributed by atoms with Gasteiger partial charge in [0.25, 0.3) is 0 Å². The van der Waals surface area contributed by atoms with Crippen molar-refractivity contribution in [3.05, 3.63) is 48.5 Å². The van der Waals surface area contributed by atoms with Crippen LogP contribution in [0.25, 0.3) is 22.2 Å². The molecule has 1 saturated heterocycles. The molecule has 10 nitrogen and oxygen atoms in total. The fourth-order valence-electron chi connectivity index (χ4n) is 4.36. The third kappa shape index (κ3) is 7.43. The van der Waals surface area contributed by atoms with Gasteiger partial charge in [0.05, 0.1) is 17.8 Å². The highest BCUT2D eigenvalue weighted by atomic mass is 16.6. The Kier molecular flexibility index (Phi) is 8.63. The molecular formula is C29H35N5O5. The average molecular weight is 534 g/mol. The zero-order chi connectivity index (χ0) is 28.0. The van der Waals surface area contributed by atoms with Crippen molar-refractivity contribution in [3.63, 3.8) is 0 Å². The second kappa shape index (κ2) is 12.1. The van der Waals surface area contributed by atoms with Crippen molar-refractivity contribution in [2.45, 2.75) is 46.1 Å². The van der Waals surface area contributed by atoms with Crippen molar-refractivity contribution in [2.24, 2.45) is 5.92 Å². The number of hydrogen-bond donors (Lipinski definition) is 2. The summed E-state index contributed by atoms with van der Waals surface area (Å²) in [6.45, 7) is 8.45. The second-order valence-electron chi connectivity index (χ2n) is 10.4. The first-order chi connectivity index (χ1) is 18.6. The second-order valence-corrected chi connectivity index (χ2v) is 10.4. The molecule has 39 heavy (non-hydrogen) atoms. The normalized spacial score (nSPS) is 14.1. The number of benzene rings is 2. The predicted molar refractivity (Wildman–Crippen MR) is 149 cm³/mol. The van der Waals surface area contributed by atoms with E-state index < -0.39 is 11.6 Å². The molecule has 2 heterocycles. The number of likely N-dealkylation sites (tertiary alicyclic amines) is 1. The molecule has 0 saturated carbocycles. The Morgan fingerprint density at radius 3 is 2.41 bits per heavy atom. The van der Waals surface area contributed by atoms with E-state index in [0.717, 1.165) is 10.9 Å². The minimum Gasteiger partial charge on any atom is -0.465 e. The number of nitrogens with zero attached hydrogens (tertiary/aromatic N) is 3. The molecular weight excluding hydrogens is 498 g/mol. The zero-order valence-electron chi connectivity index (χ0n) is 22.8. The molecule has 0 radical (unpaired) electrons. The quantitative estimate of drug-likeness (QED) is 0.413. The summed E-state index contributed by atoms with van der Waals surface area (Å²) in [5.41, 5.74) is 2.30. The van der Waals surface area contributed by atoms with Crippen molar-refractivity contribution in [2.75, 3.05) is 36.9 Å². The number of aromatic nitrogens is 2. The number of anilines is 2. The number of piperidine rings is 1. The third-order valence-corrected chi connectivity index (χ3v) is 6.22. The van der Waals surface area contributed by atoms with Gasteiger partial charge in [0.1, 0.15) is 12.1 Å². The summed E-state index contributed by atoms with van der Waals surface area (Å²) >= 11 is 0. The van der Waals surface area contributed by atoms with Crippen LogP contribution in [0.3, 0.4) is 0 Å². The molecule has 10 heteroatoms. The van der Waals surface area contributed by atoms with Crippen LogP contribution in [0, 0.1) is 5.92 Å². The van der Waals surface area contributed by atoms with Crippen molar-refractivity contribution in [3.8, 4) is 11.3 Å². The topological polar surface area (TPSA) is 123 Å². The maximum absolute atomic E-state index is 13.1. The van der Waals surface area contributed by atoms with Gasteiger partial charge < -0.3 is 25.0 Å². The van der Waals surface area contributed by atoms with Gasteiger partial charge in [-0.3, -0.25) is 9.59 Å². The molecule has 1 aromatic heterocycles. The summed E-state index contributed by atoms with van der Waals surface area (Å²) in [7, 11) is 0. The number of fused-ring (bicyclic) bond motifs is 1. The zero-order valence-corrected chi connectivity index (χ0v) is 22.8. The first kappa shape index (κ1) is 27.8. The Balaban J connectivity index is 1.50. The van der Waals surface area contributed by atoms with Gasteiger partial charge in [-0.2, -0.15) is 0 Å². The van der Waals surface area contributed by atoms with Gasteiger partial charge in [-0.25, -0.2) is 14.8 Å². The van der Waals surface area contributed by atoms with Gasteiger partial charge >= 0.3 is 12.1 Å². The molecule has 2 N–H and O–H groups in total. The lowest BCUT2D eigenvalue weighted by molar-refractivity contribution is -0.140. The average Bonchev–Trinajstić information content (AvgIpc) is 2.91. The van der Waals surface area contributed by atoms with E-state index in [-0.39, 0.29) is 24.5 Å². The lowest BCUT2D eigenvalue weighted by atomic mass is 9.96. The van der Waals surface area contributed by atoms with E-state index in [1.807, 2.05) is 63.2 Å². The summed E-state index contributed by atoms with van der Waals surface area (Å²) < 4.78 is 10.4. The molecule has 2 amide bonds. The molecule has 2 aromatic carbocycles. The van der Waals surface area contributed by atoms with Gasteiger partial charge in [-0.15, -0.1) is 0 Å². The van der Waals surface area contributed by atoms with Crippen LogP contribution in [0.4, 0.5) is 16.4 Å². The molecule has 0 spiro atoms. The molecule has 0 bridgehead atoms. The molecule has 0 aliphatic carbocycles. The summed E-state index contributed by atoms with van der Waals surface area (Å²) in [4.78, 5) is 48.1. The number of esters is 1. The number of nitrogens with one attached hydrogen (secondary N) is 2. The number of ether oxygens (including phenoxy) is 2. The molecule has 0 unspecified atom stereocenters. The summed E-state index contributed by atoms with van der Waals surface area (Å²) in [5, 5.41) is 6.73. The van der Waals surface area contributed by atoms with Crippen molar-refractivity contribution < 1.29 is 23.9 Å². The van der Waals surface area contributed by atoms with E-state index in [2.05, 4.69) is 20.6 Å². The maximum Gasteiger partial charge on any atom is 0.410 e. The SMILES string of the molecule is CCOC(=O)CNc1nc(-c2ccccc2)c2cc(NC(=O)C3CCN(C(=O)OC(C)(C)C)CC3)ccc2n1. The highest BCUT2D eigenvalue weighted by Gasteiger charge is 2.30. The van der Waals surface area contributed by atoms with Crippen LogP contribution in [-0.2, 0) is 19.1 Å². The van der Waals surface area contributed by atoms with Crippen LogP contribution in [0.5, 0.6) is 0 Å². The van der Waals surface area contributed by atoms with Crippen LogP contribution in [0.2, 0.25) is 0 Å². The van der Waals surface area contributed by atoms with Crippen molar-refractivity contribution in [1.82, 2.24) is 14.9 Å². The molecule has 1 fully saturated rings. The van der Waals surface area contributed by atoms with Crippen LogP contribution in [0.1, 0.15) is 40.5 Å². The Bertz CT molecular complexity index is 1330. The Hall–Kier alpha value is -4.21. The van der Waals surface area contributed by atoms with Gasteiger partial charge in [0.2, 0.25) is 11.9 Å². The van der Waals surface area contributed by atoms with Gasteiger partial charge in [-0.1, -0.05) is 30.3 Å². The molecule has 4 rings (SSSR count). The maximum atomic E-state index is 13.1. The molecule has 1 aliphatic rings. The van der Waals surface area contributed by atoms with E-state index in [0.29, 0.717) is 55.4 Å². The summed E-state index contributed by atoms with van der Waals surface area (Å²) in [6, 6.07) is 15.1. The number of amides is 2. The highest BCUT2D eigenvalue weighted by Crippen LogP contribution is 2.30. The minimum atomic E-state index is -0.554. The number of carbonyl (C=O) groups excluding carboxylic acids is 3. The summed E-state index contributed by atoms with van der Waals surface area (Å²) in [5.74, 6) is -0.382. The van der Waals surface area contributed by atoms with Gasteiger partial charge in [0.15, 0.2) is 0 Å². The Morgan fingerprint density at radius 2 is 1.74 bits per heavy atom. The standard InChI is InChI=1S/C29H35N5O5/c1-5-38-24(35)18-30-27-32-23-12-11-21(17-22(23)25(33-27)19-9-7-6-8-10-19)31-26(36)20-13-15-34(16-14-20)28(37)39-29(2,3)4/h6-12,17,20H,5,13-16,18H2,1-4H3,(H,31,36)(H,30,32,33). The Morgan fingerprint density at radius 1 is 1.03 bits per heavy atom. The summed E-state index contributed by atoms with van der Waals surface area (Å²) in [6.07, 6.45) is 0.777. The first-order valence-corrected chi connectivity index (χ1v) is 13.2. The number of hydrogen-bond acceptors (Lipinski definition) is 8. The van der Waals surface area contributed by atoms with Gasteiger partial charge in [0, 0.05) is 35.6 Å². The molecule has 0 atom stereocenters. The molecule has 1 aliphatic heterocycles. The monoisotopic (exact) mass is 533 g/mol. The van der Waals surface area contributed by atoms with Crippen LogP contribution < -0.4 is 10.6 Å². The largest absolute Gasteiger partial charge is 0.465 e.